The molecule has 0 heterocycles. The number of hydrogen-bond acceptors (Lipinski definition) is 3. The number of benzene rings is 1. The Morgan fingerprint density at radius 1 is 1.50 bits per heavy atom. The Bertz CT molecular complexity index is 325. The number of nitrogens with zero attached hydrogens (tertiary/aromatic N) is 1. The smallest absolute Gasteiger partial charge is 0.173 e. The molecule has 0 bridgehead atoms. The molecule has 0 fully saturated rings. The van der Waals surface area contributed by atoms with E-state index in [9.17, 15) is 5.11 Å². The minimum atomic E-state index is -0.171. The van der Waals surface area contributed by atoms with Crippen molar-refractivity contribution in [2.24, 2.45) is 10.9 Å². The third-order valence-electron chi connectivity index (χ3n) is 1.34. The maximum absolute atomic E-state index is 9.21. The average Bonchev–Trinajstić information content (AvgIpc) is 2.08. The van der Waals surface area contributed by atoms with E-state index in [-0.39, 0.29) is 17.1 Å². The lowest BCUT2D eigenvalue weighted by Crippen LogP contribution is -2.13. The number of rotatable bonds is 1. The number of nitrogens with two attached hydrogens (primary N) is 1. The summed E-state index contributed by atoms with van der Waals surface area (Å²) in [6.45, 7) is 0. The predicted molar refractivity (Wildman–Crippen MR) is 45.6 cm³/mol. The molecule has 0 aliphatic rings. The molecule has 1 aromatic rings. The third-order valence-corrected chi connectivity index (χ3v) is 1.58. The Labute approximate surface area is 73.9 Å². The lowest BCUT2D eigenvalue weighted by atomic mass is 10.2. The van der Waals surface area contributed by atoms with Crippen LogP contribution in [0.2, 0.25) is 5.02 Å². The molecule has 5 heteroatoms. The first-order valence-electron chi connectivity index (χ1n) is 3.11. The van der Waals surface area contributed by atoms with E-state index >= 15 is 0 Å². The number of amidine groups is 1. The molecule has 0 spiro atoms. The lowest BCUT2D eigenvalue weighted by molar-refractivity contribution is 0.318. The molecule has 0 amide bonds. The normalized spacial score (nSPS) is 11.6. The van der Waals surface area contributed by atoms with Gasteiger partial charge in [0.2, 0.25) is 0 Å². The minimum absolute atomic E-state index is 0.0744. The molecule has 0 aliphatic heterocycles. The summed E-state index contributed by atoms with van der Waals surface area (Å²) < 4.78 is 0. The van der Waals surface area contributed by atoms with Gasteiger partial charge in [0, 0.05) is 5.02 Å². The average molecular weight is 187 g/mol. The zero-order valence-electron chi connectivity index (χ0n) is 6.03. The van der Waals surface area contributed by atoms with Gasteiger partial charge < -0.3 is 16.0 Å². The van der Waals surface area contributed by atoms with E-state index < -0.39 is 0 Å². The molecule has 0 saturated carbocycles. The summed E-state index contributed by atoms with van der Waals surface area (Å²) in [6, 6.07) is 4.28. The molecule has 1 rings (SSSR count). The molecule has 0 saturated heterocycles. The first-order valence-corrected chi connectivity index (χ1v) is 3.49. The van der Waals surface area contributed by atoms with Gasteiger partial charge in [-0.05, 0) is 18.2 Å². The molecular formula is C7H7ClN2O2. The third kappa shape index (κ3) is 1.60. The molecule has 0 radical (unpaired) electrons. The zero-order chi connectivity index (χ0) is 9.14. The molecular weight excluding hydrogens is 180 g/mol. The van der Waals surface area contributed by atoms with Gasteiger partial charge in [-0.2, -0.15) is 0 Å². The Balaban J connectivity index is 3.23. The van der Waals surface area contributed by atoms with E-state index in [0.717, 1.165) is 0 Å². The van der Waals surface area contributed by atoms with Crippen LogP contribution in [-0.4, -0.2) is 16.1 Å². The highest BCUT2D eigenvalue weighted by Crippen LogP contribution is 2.20. The Kier molecular flexibility index (Phi) is 2.40. The van der Waals surface area contributed by atoms with Crippen LogP contribution in [0.4, 0.5) is 0 Å². The second kappa shape index (κ2) is 3.32. The van der Waals surface area contributed by atoms with Gasteiger partial charge in [0.1, 0.15) is 5.75 Å². The number of phenols is 1. The van der Waals surface area contributed by atoms with Crippen LogP contribution >= 0.6 is 11.6 Å². The van der Waals surface area contributed by atoms with Crippen molar-refractivity contribution in [3.8, 4) is 5.75 Å². The zero-order valence-corrected chi connectivity index (χ0v) is 6.78. The number of oxime groups is 1. The molecule has 4 N–H and O–H groups in total. The summed E-state index contributed by atoms with van der Waals surface area (Å²) in [5.74, 6) is -0.246. The van der Waals surface area contributed by atoms with Crippen LogP contribution in [0.15, 0.2) is 23.4 Å². The Morgan fingerprint density at radius 3 is 2.75 bits per heavy atom. The van der Waals surface area contributed by atoms with E-state index in [1.165, 1.54) is 18.2 Å². The van der Waals surface area contributed by atoms with Crippen LogP contribution in [0.3, 0.4) is 0 Å². The van der Waals surface area contributed by atoms with Crippen LogP contribution in [0, 0.1) is 0 Å². The summed E-state index contributed by atoms with van der Waals surface area (Å²) in [5, 5.41) is 20.7. The molecule has 0 atom stereocenters. The summed E-state index contributed by atoms with van der Waals surface area (Å²) in [7, 11) is 0. The van der Waals surface area contributed by atoms with Gasteiger partial charge in [0.05, 0.1) is 5.56 Å². The lowest BCUT2D eigenvalue weighted by Gasteiger charge is -2.01. The van der Waals surface area contributed by atoms with Crippen molar-refractivity contribution >= 4 is 17.4 Å². The van der Waals surface area contributed by atoms with Gasteiger partial charge in [-0.25, -0.2) is 0 Å². The van der Waals surface area contributed by atoms with E-state index in [4.69, 9.17) is 22.5 Å². The van der Waals surface area contributed by atoms with Crippen molar-refractivity contribution in [2.45, 2.75) is 0 Å². The number of aromatic hydroxyl groups is 1. The van der Waals surface area contributed by atoms with E-state index in [1.54, 1.807) is 0 Å². The monoisotopic (exact) mass is 186 g/mol. The summed E-state index contributed by atoms with van der Waals surface area (Å²) in [5.41, 5.74) is 5.46. The SMILES string of the molecule is N/C(=N\O)c1cc(Cl)ccc1O. The van der Waals surface area contributed by atoms with Crippen molar-refractivity contribution in [1.29, 1.82) is 0 Å². The fraction of sp³-hybridized carbons (Fsp3) is 0. The molecule has 1 aromatic carbocycles. The van der Waals surface area contributed by atoms with Crippen LogP contribution in [0.25, 0.3) is 0 Å². The van der Waals surface area contributed by atoms with Crippen LogP contribution < -0.4 is 5.73 Å². The highest BCUT2D eigenvalue weighted by molar-refractivity contribution is 6.31. The molecule has 0 aliphatic carbocycles. The van der Waals surface area contributed by atoms with Gasteiger partial charge in [-0.3, -0.25) is 0 Å². The number of phenolic OH excluding ortho intramolecular Hbond substituents is 1. The van der Waals surface area contributed by atoms with Crippen LogP contribution in [0.1, 0.15) is 5.56 Å². The summed E-state index contributed by atoms with van der Waals surface area (Å²) >= 11 is 5.61. The van der Waals surface area contributed by atoms with Gasteiger partial charge in [-0.1, -0.05) is 16.8 Å². The Morgan fingerprint density at radius 2 is 2.17 bits per heavy atom. The molecule has 4 nitrogen and oxygen atoms in total. The minimum Gasteiger partial charge on any atom is -0.507 e. The van der Waals surface area contributed by atoms with Crippen molar-refractivity contribution in [1.82, 2.24) is 0 Å². The van der Waals surface area contributed by atoms with E-state index in [1.807, 2.05) is 0 Å². The fourth-order valence-corrected chi connectivity index (χ4v) is 0.939. The molecule has 0 aromatic heterocycles. The maximum Gasteiger partial charge on any atom is 0.173 e. The standard InChI is InChI=1S/C7H7ClN2O2/c8-4-1-2-6(11)5(3-4)7(9)10-12/h1-3,11-12H,(H2,9,10). The van der Waals surface area contributed by atoms with Gasteiger partial charge in [-0.15, -0.1) is 0 Å². The van der Waals surface area contributed by atoms with Gasteiger partial charge in [0.25, 0.3) is 0 Å². The van der Waals surface area contributed by atoms with Crippen LogP contribution in [0.5, 0.6) is 5.75 Å². The first-order chi connectivity index (χ1) is 5.65. The van der Waals surface area contributed by atoms with Crippen LogP contribution in [-0.2, 0) is 0 Å². The highest BCUT2D eigenvalue weighted by Gasteiger charge is 2.05. The maximum atomic E-state index is 9.21. The van der Waals surface area contributed by atoms with Gasteiger partial charge in [0.15, 0.2) is 5.84 Å². The van der Waals surface area contributed by atoms with E-state index in [0.29, 0.717) is 5.02 Å². The van der Waals surface area contributed by atoms with Gasteiger partial charge >= 0.3 is 0 Å². The fourth-order valence-electron chi connectivity index (χ4n) is 0.767. The quantitative estimate of drug-likeness (QED) is 0.266. The van der Waals surface area contributed by atoms with E-state index in [2.05, 4.69) is 5.16 Å². The number of halogens is 1. The number of hydrogen-bond donors (Lipinski definition) is 3. The predicted octanol–water partition coefficient (Wildman–Crippen LogP) is 1.14. The van der Waals surface area contributed by atoms with Crippen molar-refractivity contribution < 1.29 is 10.3 Å². The highest BCUT2D eigenvalue weighted by atomic mass is 35.5. The largest absolute Gasteiger partial charge is 0.507 e. The second-order valence-corrected chi connectivity index (χ2v) is 2.58. The summed E-state index contributed by atoms with van der Waals surface area (Å²) in [4.78, 5) is 0. The topological polar surface area (TPSA) is 78.8 Å². The summed E-state index contributed by atoms with van der Waals surface area (Å²) in [6.07, 6.45) is 0. The van der Waals surface area contributed by atoms with Crippen molar-refractivity contribution in [3.05, 3.63) is 28.8 Å². The van der Waals surface area contributed by atoms with Crippen molar-refractivity contribution in [2.75, 3.05) is 0 Å². The van der Waals surface area contributed by atoms with Crippen molar-refractivity contribution in [3.63, 3.8) is 0 Å². The second-order valence-electron chi connectivity index (χ2n) is 2.15. The molecule has 12 heavy (non-hydrogen) atoms. The molecule has 64 valence electrons. The Hall–Kier alpha value is -1.42. The first kappa shape index (κ1) is 8.67. The molecule has 0 unspecified atom stereocenters.